The van der Waals surface area contributed by atoms with Crippen molar-refractivity contribution in [1.82, 2.24) is 25.1 Å². The van der Waals surface area contributed by atoms with Crippen molar-refractivity contribution >= 4 is 16.8 Å². The molecule has 1 aromatic carbocycles. The Kier molecular flexibility index (Phi) is 3.12. The van der Waals surface area contributed by atoms with E-state index in [-0.39, 0.29) is 5.91 Å². The molecule has 1 amide bonds. The van der Waals surface area contributed by atoms with Crippen LogP contribution < -0.4 is 5.32 Å². The second kappa shape index (κ2) is 5.08. The zero-order chi connectivity index (χ0) is 13.9. The minimum atomic E-state index is -0.257. The van der Waals surface area contributed by atoms with E-state index in [9.17, 15) is 4.79 Å². The van der Waals surface area contributed by atoms with Gasteiger partial charge in [-0.2, -0.15) is 5.10 Å². The SMILES string of the molecule is Cn1nc(CNC(=O)c2cnccn2)c2ccccc21. The number of fused-ring (bicyclic) bond motifs is 1. The van der Waals surface area contributed by atoms with E-state index >= 15 is 0 Å². The smallest absolute Gasteiger partial charge is 0.271 e. The molecule has 0 unspecified atom stereocenters. The molecular formula is C14H13N5O. The first-order valence-electron chi connectivity index (χ1n) is 6.20. The highest BCUT2D eigenvalue weighted by atomic mass is 16.1. The zero-order valence-electron chi connectivity index (χ0n) is 10.9. The van der Waals surface area contributed by atoms with Crippen LogP contribution in [0.5, 0.6) is 0 Å². The van der Waals surface area contributed by atoms with Gasteiger partial charge in [0.25, 0.3) is 5.91 Å². The molecule has 0 aliphatic heterocycles. The molecule has 0 aliphatic rings. The monoisotopic (exact) mass is 267 g/mol. The van der Waals surface area contributed by atoms with Crippen molar-refractivity contribution in [3.8, 4) is 0 Å². The van der Waals surface area contributed by atoms with Gasteiger partial charge in [-0.15, -0.1) is 0 Å². The van der Waals surface area contributed by atoms with Gasteiger partial charge in [0, 0.05) is 24.8 Å². The lowest BCUT2D eigenvalue weighted by Gasteiger charge is -2.02. The van der Waals surface area contributed by atoms with E-state index in [4.69, 9.17) is 0 Å². The summed E-state index contributed by atoms with van der Waals surface area (Å²) in [6, 6.07) is 7.91. The highest BCUT2D eigenvalue weighted by molar-refractivity contribution is 5.92. The van der Waals surface area contributed by atoms with Crippen LogP contribution in [0.4, 0.5) is 0 Å². The number of nitrogens with one attached hydrogen (secondary N) is 1. The van der Waals surface area contributed by atoms with Crippen molar-refractivity contribution in [2.24, 2.45) is 7.05 Å². The molecule has 0 saturated carbocycles. The number of hydrogen-bond acceptors (Lipinski definition) is 4. The standard InChI is InChI=1S/C14H13N5O/c1-19-13-5-3-2-4-10(13)11(18-19)9-17-14(20)12-8-15-6-7-16-12/h2-8H,9H2,1H3,(H,17,20). The molecule has 1 N–H and O–H groups in total. The predicted molar refractivity (Wildman–Crippen MR) is 73.9 cm³/mol. The van der Waals surface area contributed by atoms with Gasteiger partial charge >= 0.3 is 0 Å². The number of aryl methyl sites for hydroxylation is 1. The molecular weight excluding hydrogens is 254 g/mol. The van der Waals surface area contributed by atoms with Crippen LogP contribution in [0.1, 0.15) is 16.2 Å². The van der Waals surface area contributed by atoms with Crippen molar-refractivity contribution in [3.05, 3.63) is 54.2 Å². The van der Waals surface area contributed by atoms with E-state index in [0.29, 0.717) is 12.2 Å². The maximum absolute atomic E-state index is 11.9. The van der Waals surface area contributed by atoms with Crippen LogP contribution in [-0.4, -0.2) is 25.7 Å². The number of aromatic nitrogens is 4. The Labute approximate surface area is 115 Å². The molecule has 0 saturated heterocycles. The molecule has 0 fully saturated rings. The van der Waals surface area contributed by atoms with Gasteiger partial charge in [-0.1, -0.05) is 18.2 Å². The first-order valence-corrected chi connectivity index (χ1v) is 6.20. The van der Waals surface area contributed by atoms with Crippen LogP contribution in [0.15, 0.2) is 42.9 Å². The van der Waals surface area contributed by atoms with Gasteiger partial charge in [-0.3, -0.25) is 14.5 Å². The Morgan fingerprint density at radius 1 is 1.30 bits per heavy atom. The van der Waals surface area contributed by atoms with E-state index in [1.165, 1.54) is 18.6 Å². The van der Waals surface area contributed by atoms with E-state index in [2.05, 4.69) is 20.4 Å². The largest absolute Gasteiger partial charge is 0.345 e. The fraction of sp³-hybridized carbons (Fsp3) is 0.143. The van der Waals surface area contributed by atoms with Crippen molar-refractivity contribution in [2.45, 2.75) is 6.54 Å². The van der Waals surface area contributed by atoms with E-state index in [1.54, 1.807) is 4.68 Å². The Balaban J connectivity index is 1.79. The van der Waals surface area contributed by atoms with Gasteiger partial charge in [0.1, 0.15) is 5.69 Å². The molecule has 0 spiro atoms. The van der Waals surface area contributed by atoms with Gasteiger partial charge in [-0.05, 0) is 6.07 Å². The van der Waals surface area contributed by atoms with Crippen LogP contribution in [-0.2, 0) is 13.6 Å². The van der Waals surface area contributed by atoms with Gasteiger partial charge in [-0.25, -0.2) is 4.98 Å². The maximum Gasteiger partial charge on any atom is 0.271 e. The Hall–Kier alpha value is -2.76. The lowest BCUT2D eigenvalue weighted by molar-refractivity contribution is 0.0945. The highest BCUT2D eigenvalue weighted by Gasteiger charge is 2.11. The van der Waals surface area contributed by atoms with Crippen molar-refractivity contribution < 1.29 is 4.79 Å². The minimum absolute atomic E-state index is 0.257. The molecule has 3 rings (SSSR count). The second-order valence-electron chi connectivity index (χ2n) is 4.36. The first kappa shape index (κ1) is 12.3. The average molecular weight is 267 g/mol. The Bertz CT molecular complexity index is 751. The lowest BCUT2D eigenvalue weighted by Crippen LogP contribution is -2.24. The summed E-state index contributed by atoms with van der Waals surface area (Å²) in [5, 5.41) is 8.26. The fourth-order valence-corrected chi connectivity index (χ4v) is 2.09. The fourth-order valence-electron chi connectivity index (χ4n) is 2.09. The van der Waals surface area contributed by atoms with Gasteiger partial charge in [0.15, 0.2) is 0 Å². The van der Waals surface area contributed by atoms with Crippen molar-refractivity contribution in [1.29, 1.82) is 0 Å². The zero-order valence-corrected chi connectivity index (χ0v) is 10.9. The number of benzene rings is 1. The summed E-state index contributed by atoms with van der Waals surface area (Å²) >= 11 is 0. The molecule has 100 valence electrons. The summed E-state index contributed by atoms with van der Waals surface area (Å²) in [5.41, 5.74) is 2.17. The molecule has 6 heteroatoms. The average Bonchev–Trinajstić information content (AvgIpc) is 2.83. The van der Waals surface area contributed by atoms with Crippen LogP contribution in [0, 0.1) is 0 Å². The van der Waals surface area contributed by atoms with Crippen LogP contribution in [0.2, 0.25) is 0 Å². The molecule has 0 bridgehead atoms. The summed E-state index contributed by atoms with van der Waals surface area (Å²) in [4.78, 5) is 19.7. The quantitative estimate of drug-likeness (QED) is 0.776. The number of carbonyl (C=O) groups excluding carboxylic acids is 1. The number of nitrogens with zero attached hydrogens (tertiary/aromatic N) is 4. The molecule has 6 nitrogen and oxygen atoms in total. The summed E-state index contributed by atoms with van der Waals surface area (Å²) in [7, 11) is 1.89. The Morgan fingerprint density at radius 3 is 2.95 bits per heavy atom. The summed E-state index contributed by atoms with van der Waals surface area (Å²) in [6.45, 7) is 0.358. The number of hydrogen-bond donors (Lipinski definition) is 1. The Morgan fingerprint density at radius 2 is 2.15 bits per heavy atom. The number of rotatable bonds is 3. The minimum Gasteiger partial charge on any atom is -0.345 e. The molecule has 2 aromatic heterocycles. The summed E-state index contributed by atoms with van der Waals surface area (Å²) < 4.78 is 1.80. The predicted octanol–water partition coefficient (Wildman–Crippen LogP) is 1.29. The van der Waals surface area contributed by atoms with Crippen molar-refractivity contribution in [2.75, 3.05) is 0 Å². The first-order chi connectivity index (χ1) is 9.75. The molecule has 0 aliphatic carbocycles. The van der Waals surface area contributed by atoms with Gasteiger partial charge < -0.3 is 5.32 Å². The third-order valence-electron chi connectivity index (χ3n) is 3.05. The molecule has 0 radical (unpaired) electrons. The normalized spacial score (nSPS) is 10.7. The molecule has 3 aromatic rings. The second-order valence-corrected chi connectivity index (χ2v) is 4.36. The van der Waals surface area contributed by atoms with Gasteiger partial charge in [0.2, 0.25) is 0 Å². The molecule has 2 heterocycles. The highest BCUT2D eigenvalue weighted by Crippen LogP contribution is 2.17. The maximum atomic E-state index is 11.9. The number of carbonyl (C=O) groups is 1. The third-order valence-corrected chi connectivity index (χ3v) is 3.05. The van der Waals surface area contributed by atoms with E-state index in [0.717, 1.165) is 16.6 Å². The summed E-state index contributed by atoms with van der Waals surface area (Å²) in [6.07, 6.45) is 4.46. The summed E-state index contributed by atoms with van der Waals surface area (Å²) in [5.74, 6) is -0.257. The molecule has 0 atom stereocenters. The van der Waals surface area contributed by atoms with Crippen LogP contribution in [0.3, 0.4) is 0 Å². The number of amides is 1. The number of para-hydroxylation sites is 1. The van der Waals surface area contributed by atoms with Crippen LogP contribution >= 0.6 is 0 Å². The van der Waals surface area contributed by atoms with E-state index < -0.39 is 0 Å². The van der Waals surface area contributed by atoms with Crippen LogP contribution in [0.25, 0.3) is 10.9 Å². The van der Waals surface area contributed by atoms with E-state index in [1.807, 2.05) is 31.3 Å². The lowest BCUT2D eigenvalue weighted by atomic mass is 10.2. The topological polar surface area (TPSA) is 72.7 Å². The van der Waals surface area contributed by atoms with Crippen molar-refractivity contribution in [3.63, 3.8) is 0 Å². The third kappa shape index (κ3) is 2.23. The molecule has 20 heavy (non-hydrogen) atoms. The van der Waals surface area contributed by atoms with Gasteiger partial charge in [0.05, 0.1) is 24.0 Å².